The second-order valence-corrected chi connectivity index (χ2v) is 22.7. The topological polar surface area (TPSA) is 0 Å². The summed E-state index contributed by atoms with van der Waals surface area (Å²) in [7, 11) is 0. The second-order valence-electron chi connectivity index (χ2n) is 22.7. The van der Waals surface area contributed by atoms with Gasteiger partial charge in [-0.3, -0.25) is 0 Å². The lowest BCUT2D eigenvalue weighted by atomic mass is 9.33. The van der Waals surface area contributed by atoms with Gasteiger partial charge in [0.1, 0.15) is 0 Å². The summed E-state index contributed by atoms with van der Waals surface area (Å²) in [5.74, 6) is 40.1. The molecular weight excluding hydrogens is 504 g/mol. The van der Waals surface area contributed by atoms with E-state index in [4.69, 9.17) is 0 Å². The molecule has 24 unspecified atom stereocenters. The van der Waals surface area contributed by atoms with Crippen molar-refractivity contribution in [2.75, 3.05) is 0 Å². The third-order valence-electron chi connectivity index (χ3n) is 23.9. The van der Waals surface area contributed by atoms with Crippen LogP contribution in [0, 0.1) is 189 Å². The molecule has 0 spiro atoms. The van der Waals surface area contributed by atoms with Crippen molar-refractivity contribution in [3.8, 4) is 0 Å². The molecule has 0 bridgehead atoms. The third-order valence-corrected chi connectivity index (χ3v) is 23.9. The summed E-state index contributed by atoms with van der Waals surface area (Å²) in [6, 6.07) is 0. The van der Waals surface area contributed by atoms with Gasteiger partial charge < -0.3 is 0 Å². The van der Waals surface area contributed by atoms with Crippen molar-refractivity contribution < 1.29 is 0 Å². The molecule has 24 atom stereocenters. The second kappa shape index (κ2) is 5.84. The van der Waals surface area contributed by atoms with Crippen molar-refractivity contribution in [3.63, 3.8) is 0 Å². The fourth-order valence-corrected chi connectivity index (χ4v) is 26.1. The SMILES string of the molecule is C1C2CC3CC4CC5CC6CC7CC8CC9CC%10CC1C1C%10C%10C9C9C8C7C7C6C5C5C4C4C3C2C1C1C4C5C7C9C%101. The van der Waals surface area contributed by atoms with E-state index in [0.717, 1.165) is 0 Å². The molecule has 0 saturated heterocycles. The molecule has 0 heterocycles. The quantitative estimate of drug-likeness (QED) is 0.285. The molecule has 220 valence electrons. The van der Waals surface area contributed by atoms with Crippen molar-refractivity contribution in [2.24, 2.45) is 189 Å². The van der Waals surface area contributed by atoms with Gasteiger partial charge in [0.25, 0.3) is 0 Å². The molecule has 0 amide bonds. The van der Waals surface area contributed by atoms with Crippen molar-refractivity contribution >= 4 is 0 Å². The van der Waals surface area contributed by atoms with Crippen LogP contribution in [0.1, 0.15) is 64.2 Å². The average Bonchev–Trinajstić information content (AvgIpc) is 3.81. The highest BCUT2D eigenvalue weighted by Crippen LogP contribution is 2.92. The predicted octanol–water partition coefficient (Wildman–Crippen LogP) is 7.84. The van der Waals surface area contributed by atoms with E-state index in [0.29, 0.717) is 0 Å². The highest BCUT2D eigenvalue weighted by Gasteiger charge is 2.87. The number of hydrogen-bond acceptors (Lipinski definition) is 0. The summed E-state index contributed by atoms with van der Waals surface area (Å²) in [5.41, 5.74) is 0. The van der Waals surface area contributed by atoms with Crippen LogP contribution < -0.4 is 0 Å². The fourth-order valence-electron chi connectivity index (χ4n) is 26.1. The minimum atomic E-state index is 1.21. The number of hydrogen-bond donors (Lipinski definition) is 0. The van der Waals surface area contributed by atoms with Crippen molar-refractivity contribution in [1.29, 1.82) is 0 Å². The van der Waals surface area contributed by atoms with Gasteiger partial charge in [-0.15, -0.1) is 0 Å². The first-order valence-corrected chi connectivity index (χ1v) is 20.8. The minimum absolute atomic E-state index is 1.21. The van der Waals surface area contributed by atoms with E-state index in [2.05, 4.69) is 0 Å². The summed E-state index contributed by atoms with van der Waals surface area (Å²) in [5, 5.41) is 0. The van der Waals surface area contributed by atoms with Crippen LogP contribution in [0.5, 0.6) is 0 Å². The largest absolute Gasteiger partial charge is 0.0470 e. The van der Waals surface area contributed by atoms with E-state index in [-0.39, 0.29) is 0 Å². The standard InChI is InChI=1S/C42H52/c1-11-3-15-7-19-9-17-5-13-2-14-6-18-10-20-8-16-4-12(1)22-26(16)34-30(20)36-28(18)24(14)32-23(13)27(17)35-29(19)33-25(15)21(11)31(22)37-39(33)41(35)38(32)42(36)40(34)37/h11-42H,1-10H2. The zero-order valence-electron chi connectivity index (χ0n) is 25.5. The highest BCUT2D eigenvalue weighted by atomic mass is 14.9. The normalized spacial score (nSPS) is 88.0. The van der Waals surface area contributed by atoms with Crippen LogP contribution in [0.4, 0.5) is 0 Å². The third kappa shape index (κ3) is 1.65. The molecule has 42 heavy (non-hydrogen) atoms. The molecule has 0 N–H and O–H groups in total. The maximum Gasteiger partial charge on any atom is -0.0312 e. The van der Waals surface area contributed by atoms with Gasteiger partial charge >= 0.3 is 0 Å². The molecule has 0 aromatic carbocycles. The van der Waals surface area contributed by atoms with Crippen molar-refractivity contribution in [3.05, 3.63) is 0 Å². The molecule has 17 rings (SSSR count). The van der Waals surface area contributed by atoms with Crippen LogP contribution in [0.2, 0.25) is 0 Å². The molecule has 17 aliphatic carbocycles. The maximum absolute atomic E-state index is 1.76. The zero-order valence-corrected chi connectivity index (χ0v) is 25.5. The van der Waals surface area contributed by atoms with Crippen LogP contribution in [-0.2, 0) is 0 Å². The Labute approximate surface area is 253 Å². The first-order valence-electron chi connectivity index (χ1n) is 20.8. The fraction of sp³-hybridized carbons (Fsp3) is 1.00. The van der Waals surface area contributed by atoms with Gasteiger partial charge in [-0.05, 0) is 254 Å². The van der Waals surface area contributed by atoms with Crippen molar-refractivity contribution in [2.45, 2.75) is 64.2 Å². The van der Waals surface area contributed by atoms with E-state index >= 15 is 0 Å². The maximum atomic E-state index is 1.76. The Morgan fingerprint density at radius 3 is 0.357 bits per heavy atom. The number of rotatable bonds is 0. The lowest BCUT2D eigenvalue weighted by molar-refractivity contribution is -0.244. The average molecular weight is 557 g/mol. The Bertz CT molecular complexity index is 1220. The zero-order chi connectivity index (χ0) is 25.5. The van der Waals surface area contributed by atoms with E-state index in [1.54, 1.807) is 64.2 Å². The monoisotopic (exact) mass is 556 g/mol. The Morgan fingerprint density at radius 1 is 0.119 bits per heavy atom. The van der Waals surface area contributed by atoms with Gasteiger partial charge in [-0.2, -0.15) is 0 Å². The predicted molar refractivity (Wildman–Crippen MR) is 158 cm³/mol. The first-order chi connectivity index (χ1) is 20.8. The van der Waals surface area contributed by atoms with Gasteiger partial charge in [0.05, 0.1) is 0 Å². The molecule has 0 aliphatic heterocycles. The summed E-state index contributed by atoms with van der Waals surface area (Å²) in [6.45, 7) is 0. The Morgan fingerprint density at radius 2 is 0.214 bits per heavy atom. The van der Waals surface area contributed by atoms with Crippen LogP contribution in [-0.4, -0.2) is 0 Å². The first kappa shape index (κ1) is 21.0. The van der Waals surface area contributed by atoms with Crippen LogP contribution >= 0.6 is 0 Å². The Kier molecular flexibility index (Phi) is 2.92. The molecule has 0 heteroatoms. The molecule has 0 radical (unpaired) electrons. The molecule has 17 fully saturated rings. The van der Waals surface area contributed by atoms with E-state index < -0.39 is 0 Å². The smallest absolute Gasteiger partial charge is 0.0312 e. The molecule has 0 nitrogen and oxygen atoms in total. The molecule has 0 aromatic rings. The lowest BCUT2D eigenvalue weighted by Gasteiger charge is -2.71. The van der Waals surface area contributed by atoms with Gasteiger partial charge in [0.2, 0.25) is 0 Å². The summed E-state index contributed by atoms with van der Waals surface area (Å²) < 4.78 is 0. The van der Waals surface area contributed by atoms with Gasteiger partial charge in [0, 0.05) is 0 Å². The van der Waals surface area contributed by atoms with Crippen molar-refractivity contribution in [1.82, 2.24) is 0 Å². The summed E-state index contributed by atoms with van der Waals surface area (Å²) in [6.07, 6.45) is 17.6. The Balaban J connectivity index is 1.03. The molecule has 17 aliphatic rings. The van der Waals surface area contributed by atoms with Gasteiger partial charge in [-0.25, -0.2) is 0 Å². The Hall–Kier alpha value is 0. The molecule has 17 saturated carbocycles. The minimum Gasteiger partial charge on any atom is -0.0470 e. The molecule has 0 aromatic heterocycles. The highest BCUT2D eigenvalue weighted by molar-refractivity contribution is 5.34. The lowest BCUT2D eigenvalue weighted by Crippen LogP contribution is -2.68. The summed E-state index contributed by atoms with van der Waals surface area (Å²) in [4.78, 5) is 0. The van der Waals surface area contributed by atoms with Crippen LogP contribution in [0.3, 0.4) is 0 Å². The van der Waals surface area contributed by atoms with Gasteiger partial charge in [-0.1, -0.05) is 0 Å². The van der Waals surface area contributed by atoms with E-state index in [1.807, 2.05) is 0 Å². The van der Waals surface area contributed by atoms with Crippen LogP contribution in [0.15, 0.2) is 0 Å². The van der Waals surface area contributed by atoms with Crippen LogP contribution in [0.25, 0.3) is 0 Å². The van der Waals surface area contributed by atoms with Gasteiger partial charge in [0.15, 0.2) is 0 Å². The van der Waals surface area contributed by atoms with E-state index in [9.17, 15) is 0 Å². The summed E-state index contributed by atoms with van der Waals surface area (Å²) >= 11 is 0. The van der Waals surface area contributed by atoms with E-state index in [1.165, 1.54) is 189 Å². The molecular formula is C42H52.